The average Bonchev–Trinajstić information content (AvgIpc) is 3.19. The Kier molecular flexibility index (Phi) is 6.89. The maximum absolute atomic E-state index is 12.3. The number of thioether (sulfide) groups is 1. The highest BCUT2D eigenvalue weighted by molar-refractivity contribution is 7.99. The van der Waals surface area contributed by atoms with Gasteiger partial charge in [-0.2, -0.15) is 4.98 Å². The fourth-order valence-corrected chi connectivity index (χ4v) is 4.09. The molecule has 0 spiro atoms. The first-order chi connectivity index (χ1) is 14.0. The standard InChI is InChI=1S/C19H20N4O4S2/c1-4-23-8-7-16(24)22-19(23)29-11-17(25)21-18-20-14(10-28-18)13-6-5-12(26-2)9-15(13)27-3/h5-10H,4,11H2,1-3H3,(H,20,21,25). The lowest BCUT2D eigenvalue weighted by molar-refractivity contribution is -0.113. The van der Waals surface area contributed by atoms with Crippen molar-refractivity contribution in [3.63, 3.8) is 0 Å². The minimum absolute atomic E-state index is 0.122. The summed E-state index contributed by atoms with van der Waals surface area (Å²) in [5, 5.41) is 5.62. The van der Waals surface area contributed by atoms with Gasteiger partial charge in [0.05, 0.1) is 25.7 Å². The van der Waals surface area contributed by atoms with E-state index in [2.05, 4.69) is 15.3 Å². The van der Waals surface area contributed by atoms with Gasteiger partial charge in [0.25, 0.3) is 5.56 Å². The zero-order valence-electron chi connectivity index (χ0n) is 16.2. The number of thiazole rings is 1. The number of hydrogen-bond donors (Lipinski definition) is 1. The van der Waals surface area contributed by atoms with Crippen LogP contribution in [0.4, 0.5) is 5.13 Å². The summed E-state index contributed by atoms with van der Waals surface area (Å²) in [6, 6.07) is 6.87. The Morgan fingerprint density at radius 3 is 2.79 bits per heavy atom. The van der Waals surface area contributed by atoms with Gasteiger partial charge in [0.1, 0.15) is 11.5 Å². The summed E-state index contributed by atoms with van der Waals surface area (Å²) in [5.41, 5.74) is 1.18. The van der Waals surface area contributed by atoms with E-state index in [-0.39, 0.29) is 17.2 Å². The van der Waals surface area contributed by atoms with E-state index in [4.69, 9.17) is 9.47 Å². The number of ether oxygens (including phenoxy) is 2. The Bertz CT molecular complexity index is 1060. The van der Waals surface area contributed by atoms with Gasteiger partial charge in [-0.3, -0.25) is 9.59 Å². The van der Waals surface area contributed by atoms with E-state index < -0.39 is 0 Å². The molecule has 3 rings (SSSR count). The van der Waals surface area contributed by atoms with Crippen molar-refractivity contribution in [3.8, 4) is 22.8 Å². The number of hydrogen-bond acceptors (Lipinski definition) is 8. The lowest BCUT2D eigenvalue weighted by atomic mass is 10.1. The molecule has 29 heavy (non-hydrogen) atoms. The third-order valence-electron chi connectivity index (χ3n) is 3.96. The summed E-state index contributed by atoms with van der Waals surface area (Å²) in [4.78, 5) is 32.2. The second kappa shape index (κ2) is 9.57. The number of nitrogens with one attached hydrogen (secondary N) is 1. The van der Waals surface area contributed by atoms with Crippen LogP contribution in [-0.2, 0) is 11.3 Å². The van der Waals surface area contributed by atoms with Crippen molar-refractivity contribution >= 4 is 34.1 Å². The second-order valence-electron chi connectivity index (χ2n) is 5.78. The van der Waals surface area contributed by atoms with Crippen molar-refractivity contribution in [1.82, 2.24) is 14.5 Å². The van der Waals surface area contributed by atoms with E-state index in [9.17, 15) is 9.59 Å². The number of rotatable bonds is 8. The molecule has 0 saturated heterocycles. The molecule has 0 radical (unpaired) electrons. The van der Waals surface area contributed by atoms with Crippen molar-refractivity contribution in [2.24, 2.45) is 0 Å². The quantitative estimate of drug-likeness (QED) is 0.432. The van der Waals surface area contributed by atoms with Crippen molar-refractivity contribution < 1.29 is 14.3 Å². The molecule has 0 saturated carbocycles. The summed E-state index contributed by atoms with van der Waals surface area (Å²) >= 11 is 2.53. The minimum atomic E-state index is -0.324. The van der Waals surface area contributed by atoms with Crippen LogP contribution in [0.1, 0.15) is 6.92 Å². The van der Waals surface area contributed by atoms with Gasteiger partial charge in [0, 0.05) is 35.8 Å². The topological polar surface area (TPSA) is 95.3 Å². The summed E-state index contributed by atoms with van der Waals surface area (Å²) in [7, 11) is 3.17. The molecule has 0 aliphatic heterocycles. The van der Waals surface area contributed by atoms with E-state index in [1.165, 1.54) is 29.2 Å². The number of aryl methyl sites for hydroxylation is 1. The van der Waals surface area contributed by atoms with Gasteiger partial charge in [0.15, 0.2) is 10.3 Å². The van der Waals surface area contributed by atoms with Gasteiger partial charge in [-0.25, -0.2) is 4.98 Å². The number of anilines is 1. The first-order valence-electron chi connectivity index (χ1n) is 8.72. The number of methoxy groups -OCH3 is 2. The predicted octanol–water partition coefficient (Wildman–Crippen LogP) is 3.13. The first-order valence-corrected chi connectivity index (χ1v) is 10.6. The van der Waals surface area contributed by atoms with Crippen LogP contribution in [0.5, 0.6) is 11.5 Å². The molecule has 8 nitrogen and oxygen atoms in total. The number of nitrogens with zero attached hydrogens (tertiary/aromatic N) is 3. The minimum Gasteiger partial charge on any atom is -0.497 e. The molecule has 2 heterocycles. The maximum atomic E-state index is 12.3. The van der Waals surface area contributed by atoms with Crippen LogP contribution >= 0.6 is 23.1 Å². The van der Waals surface area contributed by atoms with Crippen molar-refractivity contribution in [2.75, 3.05) is 25.3 Å². The fraction of sp³-hybridized carbons (Fsp3) is 0.263. The molecule has 0 aliphatic carbocycles. The molecule has 0 atom stereocenters. The highest BCUT2D eigenvalue weighted by Gasteiger charge is 2.13. The molecule has 10 heteroatoms. The van der Waals surface area contributed by atoms with Crippen LogP contribution in [0.2, 0.25) is 0 Å². The predicted molar refractivity (Wildman–Crippen MR) is 114 cm³/mol. The summed E-state index contributed by atoms with van der Waals surface area (Å²) < 4.78 is 12.4. The van der Waals surface area contributed by atoms with Crippen molar-refractivity contribution in [3.05, 3.63) is 46.2 Å². The molecule has 1 N–H and O–H groups in total. The van der Waals surface area contributed by atoms with Gasteiger partial charge >= 0.3 is 0 Å². The highest BCUT2D eigenvalue weighted by atomic mass is 32.2. The maximum Gasteiger partial charge on any atom is 0.273 e. The largest absolute Gasteiger partial charge is 0.497 e. The SMILES string of the molecule is CCn1ccc(=O)nc1SCC(=O)Nc1nc(-c2ccc(OC)cc2OC)cs1. The van der Waals surface area contributed by atoms with Crippen LogP contribution in [0.15, 0.2) is 45.8 Å². The summed E-state index contributed by atoms with van der Waals surface area (Å²) in [5.74, 6) is 1.22. The number of aromatic nitrogens is 3. The number of carbonyl (C=O) groups is 1. The molecular weight excluding hydrogens is 412 g/mol. The zero-order chi connectivity index (χ0) is 20.8. The molecule has 1 amide bonds. The summed E-state index contributed by atoms with van der Waals surface area (Å²) in [6.07, 6.45) is 1.67. The van der Waals surface area contributed by atoms with Crippen LogP contribution < -0.4 is 20.3 Å². The van der Waals surface area contributed by atoms with Crippen LogP contribution in [0.3, 0.4) is 0 Å². The lowest BCUT2D eigenvalue weighted by Gasteiger charge is -2.09. The Morgan fingerprint density at radius 2 is 2.07 bits per heavy atom. The van der Waals surface area contributed by atoms with Crippen molar-refractivity contribution in [1.29, 1.82) is 0 Å². The molecule has 1 aromatic carbocycles. The highest BCUT2D eigenvalue weighted by Crippen LogP contribution is 2.34. The van der Waals surface area contributed by atoms with E-state index in [1.54, 1.807) is 26.5 Å². The molecule has 3 aromatic rings. The van der Waals surface area contributed by atoms with Gasteiger partial charge in [-0.1, -0.05) is 11.8 Å². The number of carbonyl (C=O) groups excluding carboxylic acids is 1. The summed E-state index contributed by atoms with van der Waals surface area (Å²) in [6.45, 7) is 2.61. The van der Waals surface area contributed by atoms with Gasteiger partial charge in [-0.05, 0) is 19.1 Å². The van der Waals surface area contributed by atoms with Gasteiger partial charge < -0.3 is 19.4 Å². The first kappa shape index (κ1) is 20.9. The van der Waals surface area contributed by atoms with Crippen LogP contribution in [-0.4, -0.2) is 40.4 Å². The van der Waals surface area contributed by atoms with E-state index in [0.717, 1.165) is 5.56 Å². The Labute approximate surface area is 175 Å². The Balaban J connectivity index is 1.67. The zero-order valence-corrected chi connectivity index (χ0v) is 17.8. The molecule has 0 bridgehead atoms. The molecule has 152 valence electrons. The number of benzene rings is 1. The van der Waals surface area contributed by atoms with E-state index >= 15 is 0 Å². The van der Waals surface area contributed by atoms with E-state index in [1.807, 2.05) is 29.0 Å². The number of amides is 1. The van der Waals surface area contributed by atoms with E-state index in [0.29, 0.717) is 34.0 Å². The molecule has 2 aromatic heterocycles. The third-order valence-corrected chi connectivity index (χ3v) is 5.71. The van der Waals surface area contributed by atoms with Crippen LogP contribution in [0, 0.1) is 0 Å². The molecule has 0 unspecified atom stereocenters. The molecule has 0 aliphatic rings. The normalized spacial score (nSPS) is 10.6. The Morgan fingerprint density at radius 1 is 1.24 bits per heavy atom. The average molecular weight is 433 g/mol. The molecule has 0 fully saturated rings. The van der Waals surface area contributed by atoms with Crippen LogP contribution in [0.25, 0.3) is 11.3 Å². The lowest BCUT2D eigenvalue weighted by Crippen LogP contribution is -2.17. The fourth-order valence-electron chi connectivity index (χ4n) is 2.52. The smallest absolute Gasteiger partial charge is 0.273 e. The monoisotopic (exact) mass is 432 g/mol. The second-order valence-corrected chi connectivity index (χ2v) is 7.58. The van der Waals surface area contributed by atoms with Gasteiger partial charge in [0.2, 0.25) is 5.91 Å². The third kappa shape index (κ3) is 5.15. The Hall–Kier alpha value is -2.85. The van der Waals surface area contributed by atoms with Crippen molar-refractivity contribution in [2.45, 2.75) is 18.6 Å². The molecular formula is C19H20N4O4S2. The van der Waals surface area contributed by atoms with Gasteiger partial charge in [-0.15, -0.1) is 11.3 Å².